The first-order valence-corrected chi connectivity index (χ1v) is 11.8. The van der Waals surface area contributed by atoms with E-state index in [-0.39, 0.29) is 25.3 Å². The summed E-state index contributed by atoms with van der Waals surface area (Å²) in [5.41, 5.74) is 6.81. The number of fused-ring (bicyclic) bond motifs is 1. The number of anilines is 1. The molecule has 4 aromatic rings. The van der Waals surface area contributed by atoms with Crippen molar-refractivity contribution in [3.05, 3.63) is 59.8 Å². The Morgan fingerprint density at radius 3 is 2.45 bits per heavy atom. The van der Waals surface area contributed by atoms with E-state index in [9.17, 15) is 31.1 Å². The lowest BCUT2D eigenvalue weighted by molar-refractivity contribution is -0.173. The Morgan fingerprint density at radius 2 is 1.77 bits per heavy atom. The number of hydrogen-bond acceptors (Lipinski definition) is 6. The van der Waals surface area contributed by atoms with Crippen molar-refractivity contribution in [1.29, 1.82) is 0 Å². The maximum absolute atomic E-state index is 13.5. The van der Waals surface area contributed by atoms with Crippen molar-refractivity contribution in [3.8, 4) is 34.1 Å². The Hall–Kier alpha value is -4.49. The molecule has 0 fully saturated rings. The smallest absolute Gasteiger partial charge is 0.471 e. The van der Waals surface area contributed by atoms with Crippen molar-refractivity contribution in [3.63, 3.8) is 0 Å². The van der Waals surface area contributed by atoms with Crippen molar-refractivity contribution in [1.82, 2.24) is 19.9 Å². The summed E-state index contributed by atoms with van der Waals surface area (Å²) in [6.45, 7) is 1.52. The number of hydrogen-bond donors (Lipinski definition) is 2. The number of pyridine rings is 1. The van der Waals surface area contributed by atoms with Gasteiger partial charge in [0.25, 0.3) is 0 Å². The van der Waals surface area contributed by atoms with Gasteiger partial charge in [0.15, 0.2) is 11.5 Å². The number of aryl methyl sites for hydroxylation is 1. The van der Waals surface area contributed by atoms with E-state index in [4.69, 9.17) is 15.2 Å². The van der Waals surface area contributed by atoms with Crippen LogP contribution in [0.1, 0.15) is 17.5 Å². The normalized spacial score (nSPS) is 12.0. The van der Waals surface area contributed by atoms with Crippen LogP contribution >= 0.6 is 0 Å². The highest BCUT2D eigenvalue weighted by Crippen LogP contribution is 2.37. The number of methoxy groups -OCH3 is 1. The van der Waals surface area contributed by atoms with Crippen LogP contribution < -0.4 is 20.5 Å². The third-order valence-electron chi connectivity index (χ3n) is 5.88. The van der Waals surface area contributed by atoms with Crippen molar-refractivity contribution in [2.45, 2.75) is 25.7 Å². The van der Waals surface area contributed by atoms with Gasteiger partial charge in [-0.15, -0.1) is 0 Å². The maximum Gasteiger partial charge on any atom is 0.471 e. The maximum atomic E-state index is 13.5. The van der Waals surface area contributed by atoms with Gasteiger partial charge in [0.05, 0.1) is 53.8 Å². The van der Waals surface area contributed by atoms with Gasteiger partial charge in [0.2, 0.25) is 0 Å². The number of nitrogen functional groups attached to an aromatic ring is 1. The molecule has 0 saturated heterocycles. The zero-order valence-corrected chi connectivity index (χ0v) is 21.2. The molecule has 0 spiro atoms. The molecule has 0 aliphatic rings. The Morgan fingerprint density at radius 1 is 1.02 bits per heavy atom. The molecule has 0 bridgehead atoms. The van der Waals surface area contributed by atoms with E-state index in [2.05, 4.69) is 10.1 Å². The third kappa shape index (κ3) is 6.05. The number of benzene rings is 1. The van der Waals surface area contributed by atoms with Crippen LogP contribution in [-0.4, -0.2) is 46.9 Å². The second kappa shape index (κ2) is 10.9. The molecule has 8 nitrogen and oxygen atoms in total. The Bertz CT molecular complexity index is 1550. The number of halogens is 6. The fourth-order valence-electron chi connectivity index (χ4n) is 3.99. The molecule has 0 aliphatic heterocycles. The lowest BCUT2D eigenvalue weighted by atomic mass is 10.1. The minimum atomic E-state index is -4.95. The van der Waals surface area contributed by atoms with Crippen molar-refractivity contribution < 1.29 is 40.6 Å². The van der Waals surface area contributed by atoms with Crippen LogP contribution in [-0.2, 0) is 11.0 Å². The minimum absolute atomic E-state index is 0.0125. The van der Waals surface area contributed by atoms with Crippen LogP contribution in [0.25, 0.3) is 28.2 Å². The molecule has 40 heavy (non-hydrogen) atoms. The molecule has 3 heterocycles. The predicted octanol–water partition coefficient (Wildman–Crippen LogP) is 5.43. The van der Waals surface area contributed by atoms with E-state index in [0.717, 1.165) is 12.3 Å². The number of alkyl halides is 6. The van der Waals surface area contributed by atoms with E-state index >= 15 is 0 Å². The van der Waals surface area contributed by atoms with Gasteiger partial charge in [0.1, 0.15) is 0 Å². The molecule has 14 heteroatoms. The number of nitrogens with one attached hydrogen (secondary N) is 1. The monoisotopic (exact) mass is 567 g/mol. The van der Waals surface area contributed by atoms with E-state index in [1.54, 1.807) is 48.6 Å². The second-order valence-corrected chi connectivity index (χ2v) is 8.71. The van der Waals surface area contributed by atoms with E-state index in [0.29, 0.717) is 39.5 Å². The number of rotatable bonds is 8. The minimum Gasteiger partial charge on any atom is -0.493 e. The average Bonchev–Trinajstić information content (AvgIpc) is 3.22. The highest BCUT2D eigenvalue weighted by molar-refractivity contribution is 5.81. The molecule has 3 aromatic heterocycles. The number of ether oxygens (including phenoxy) is 2. The lowest BCUT2D eigenvalue weighted by Crippen LogP contribution is -2.37. The Kier molecular flexibility index (Phi) is 7.80. The molecule has 0 radical (unpaired) electrons. The lowest BCUT2D eigenvalue weighted by Gasteiger charge is -2.13. The van der Waals surface area contributed by atoms with Gasteiger partial charge in [0, 0.05) is 12.1 Å². The second-order valence-electron chi connectivity index (χ2n) is 8.71. The fraction of sp³-hybridized carbons (Fsp3) is 0.269. The van der Waals surface area contributed by atoms with Gasteiger partial charge in [-0.25, -0.2) is 4.52 Å². The largest absolute Gasteiger partial charge is 0.493 e. The molecule has 0 aliphatic carbocycles. The summed E-state index contributed by atoms with van der Waals surface area (Å²) >= 11 is 0. The number of nitrogens with two attached hydrogens (primary N) is 1. The van der Waals surface area contributed by atoms with Gasteiger partial charge >= 0.3 is 18.3 Å². The van der Waals surface area contributed by atoms with Crippen LogP contribution in [0, 0.1) is 6.92 Å². The van der Waals surface area contributed by atoms with Crippen molar-refractivity contribution in [2.75, 3.05) is 26.0 Å². The van der Waals surface area contributed by atoms with Crippen LogP contribution in [0.5, 0.6) is 11.5 Å². The molecule has 1 aromatic carbocycles. The summed E-state index contributed by atoms with van der Waals surface area (Å²) in [5, 5.41) is 6.38. The third-order valence-corrected chi connectivity index (χ3v) is 5.88. The van der Waals surface area contributed by atoms with Crippen LogP contribution in [0.2, 0.25) is 0 Å². The van der Waals surface area contributed by atoms with E-state index in [1.807, 2.05) is 0 Å². The highest BCUT2D eigenvalue weighted by Gasteiger charge is 2.38. The molecular weight excluding hydrogens is 544 g/mol. The molecule has 212 valence electrons. The zero-order chi connectivity index (χ0) is 29.2. The zero-order valence-electron chi connectivity index (χ0n) is 21.2. The SMILES string of the molecule is COc1cc(-c2ccc3cc(C)c(-c4cc(C(F)(F)F)c(N)cn4)n3n2)ccc1OCCCNC(=O)C(F)(F)F. The molecule has 1 amide bonds. The number of aromatic nitrogens is 3. The van der Waals surface area contributed by atoms with Gasteiger partial charge < -0.3 is 20.5 Å². The van der Waals surface area contributed by atoms with Crippen LogP contribution in [0.3, 0.4) is 0 Å². The molecule has 3 N–H and O–H groups in total. The van der Waals surface area contributed by atoms with E-state index < -0.39 is 29.5 Å². The summed E-state index contributed by atoms with van der Waals surface area (Å²) in [4.78, 5) is 15.0. The summed E-state index contributed by atoms with van der Waals surface area (Å²) in [7, 11) is 1.41. The van der Waals surface area contributed by atoms with Crippen LogP contribution in [0.4, 0.5) is 32.0 Å². The summed E-state index contributed by atoms with van der Waals surface area (Å²) in [6.07, 6.45) is -8.52. The molecule has 0 saturated carbocycles. The fourth-order valence-corrected chi connectivity index (χ4v) is 3.99. The Labute approximate surface area is 223 Å². The number of amides is 1. The van der Waals surface area contributed by atoms with Crippen molar-refractivity contribution >= 4 is 17.1 Å². The molecular formula is C26H23F6N5O3. The summed E-state index contributed by atoms with van der Waals surface area (Å²) < 4.78 is 89.6. The van der Waals surface area contributed by atoms with Crippen molar-refractivity contribution in [2.24, 2.45) is 0 Å². The summed E-state index contributed by atoms with van der Waals surface area (Å²) in [6, 6.07) is 11.0. The first-order chi connectivity index (χ1) is 18.8. The predicted molar refractivity (Wildman–Crippen MR) is 134 cm³/mol. The average molecular weight is 567 g/mol. The van der Waals surface area contributed by atoms with Gasteiger partial charge in [-0.2, -0.15) is 31.4 Å². The number of carbonyl (C=O) groups is 1. The molecule has 0 atom stereocenters. The summed E-state index contributed by atoms with van der Waals surface area (Å²) in [5.74, 6) is -1.39. The topological polar surface area (TPSA) is 104 Å². The van der Waals surface area contributed by atoms with Gasteiger partial charge in [-0.05, 0) is 61.4 Å². The number of nitrogens with zero attached hydrogens (tertiary/aromatic N) is 3. The highest BCUT2D eigenvalue weighted by atomic mass is 19.4. The quantitative estimate of drug-likeness (QED) is 0.218. The first-order valence-electron chi connectivity index (χ1n) is 11.8. The number of carbonyl (C=O) groups excluding carboxylic acids is 1. The van der Waals surface area contributed by atoms with Gasteiger partial charge in [-0.1, -0.05) is 0 Å². The standard InChI is InChI=1S/C26H23F6N5O3/c1-14-10-16-5-6-19(36-37(16)23(14)20-12-17(25(27,28)29)18(33)13-35-20)15-4-7-21(22(11-15)39-2)40-9-3-8-34-24(38)26(30,31)32/h4-7,10-13H,3,8-9,33H2,1-2H3,(H,34,38). The molecule has 4 rings (SSSR count). The van der Waals surface area contributed by atoms with Gasteiger partial charge in [-0.3, -0.25) is 9.78 Å². The Balaban J connectivity index is 1.58. The first kappa shape index (κ1) is 28.5. The van der Waals surface area contributed by atoms with Crippen LogP contribution in [0.15, 0.2) is 48.7 Å². The molecule has 0 unspecified atom stereocenters. The van der Waals surface area contributed by atoms with E-state index in [1.165, 1.54) is 11.6 Å².